The molecule has 0 bridgehead atoms. The van der Waals surface area contributed by atoms with Gasteiger partial charge < -0.3 is 9.84 Å². The van der Waals surface area contributed by atoms with Crippen LogP contribution in [0, 0.1) is 0 Å². The van der Waals surface area contributed by atoms with E-state index in [0.29, 0.717) is 12.0 Å². The zero-order valence-electron chi connectivity index (χ0n) is 10.8. The summed E-state index contributed by atoms with van der Waals surface area (Å²) >= 11 is 0. The Balaban J connectivity index is 0.00000120. The number of aromatic nitrogens is 2. The van der Waals surface area contributed by atoms with Crippen molar-refractivity contribution < 1.29 is 4.52 Å². The maximum atomic E-state index is 5.28. The van der Waals surface area contributed by atoms with Crippen LogP contribution in [0.5, 0.6) is 0 Å². The molecule has 1 aliphatic heterocycles. The summed E-state index contributed by atoms with van der Waals surface area (Å²) in [6.45, 7) is 3.05. The molecule has 0 radical (unpaired) electrons. The zero-order valence-corrected chi connectivity index (χ0v) is 11.6. The topological polar surface area (TPSA) is 54.2 Å². The molecule has 1 aromatic heterocycles. The number of nitrogens with one attached hydrogen (secondary N) is 1. The Kier molecular flexibility index (Phi) is 4.59. The van der Waals surface area contributed by atoms with Crippen molar-refractivity contribution >= 4 is 12.4 Å². The monoisotopic (exact) mass is 272 g/mol. The molecule has 1 saturated carbocycles. The highest BCUT2D eigenvalue weighted by Crippen LogP contribution is 2.38. The lowest BCUT2D eigenvalue weighted by Crippen LogP contribution is -2.40. The van der Waals surface area contributed by atoms with Crippen molar-refractivity contribution in [3.63, 3.8) is 0 Å². The zero-order chi connectivity index (χ0) is 11.7. The van der Waals surface area contributed by atoms with E-state index in [-0.39, 0.29) is 12.4 Å². The van der Waals surface area contributed by atoms with Gasteiger partial charge in [-0.1, -0.05) is 5.16 Å². The molecule has 102 valence electrons. The van der Waals surface area contributed by atoms with Crippen LogP contribution in [0.4, 0.5) is 0 Å². The van der Waals surface area contributed by atoms with Crippen molar-refractivity contribution in [2.75, 3.05) is 20.1 Å². The normalized spacial score (nSPS) is 21.0. The van der Waals surface area contributed by atoms with Gasteiger partial charge in [0.05, 0.1) is 6.54 Å². The Morgan fingerprint density at radius 2 is 2.00 bits per heavy atom. The lowest BCUT2D eigenvalue weighted by molar-refractivity contribution is 0.186. The predicted octanol–water partition coefficient (Wildman–Crippen LogP) is 1.55. The fourth-order valence-electron chi connectivity index (χ4n) is 2.43. The molecule has 1 N–H and O–H groups in total. The summed E-state index contributed by atoms with van der Waals surface area (Å²) in [5, 5.41) is 7.45. The van der Waals surface area contributed by atoms with Crippen molar-refractivity contribution in [2.45, 2.75) is 44.2 Å². The minimum atomic E-state index is 0. The molecule has 1 aliphatic carbocycles. The molecule has 2 aliphatic rings. The summed E-state index contributed by atoms with van der Waals surface area (Å²) in [5.41, 5.74) is 0. The van der Waals surface area contributed by atoms with Gasteiger partial charge >= 0.3 is 0 Å². The molecule has 2 fully saturated rings. The molecular formula is C12H21ClN4O. The third-order valence-corrected chi connectivity index (χ3v) is 3.73. The SMILES string of the molecule is CN(Cc1noc(C2CC2)n1)C1CCNCC1.Cl. The largest absolute Gasteiger partial charge is 0.339 e. The van der Waals surface area contributed by atoms with Crippen LogP contribution < -0.4 is 5.32 Å². The van der Waals surface area contributed by atoms with Crippen LogP contribution in [-0.4, -0.2) is 41.2 Å². The number of hydrogen-bond donors (Lipinski definition) is 1. The van der Waals surface area contributed by atoms with Gasteiger partial charge in [0, 0.05) is 12.0 Å². The summed E-state index contributed by atoms with van der Waals surface area (Å²) in [7, 11) is 2.16. The Hall–Kier alpha value is -0.650. The first kappa shape index (κ1) is 13.8. The highest BCUT2D eigenvalue weighted by molar-refractivity contribution is 5.85. The second-order valence-corrected chi connectivity index (χ2v) is 5.22. The van der Waals surface area contributed by atoms with Crippen molar-refractivity contribution in [1.82, 2.24) is 20.4 Å². The van der Waals surface area contributed by atoms with Crippen LogP contribution >= 0.6 is 12.4 Å². The van der Waals surface area contributed by atoms with Crippen LogP contribution in [0.25, 0.3) is 0 Å². The molecule has 1 aromatic rings. The van der Waals surface area contributed by atoms with Crippen LogP contribution in [0.1, 0.15) is 43.3 Å². The van der Waals surface area contributed by atoms with Gasteiger partial charge in [-0.2, -0.15) is 4.98 Å². The Labute approximate surface area is 114 Å². The standard InChI is InChI=1S/C12H20N4O.ClH/c1-16(10-4-6-13-7-5-10)8-11-14-12(17-15-11)9-2-3-9;/h9-10,13H,2-8H2,1H3;1H. The highest BCUT2D eigenvalue weighted by Gasteiger charge is 2.30. The van der Waals surface area contributed by atoms with Crippen LogP contribution in [0.3, 0.4) is 0 Å². The van der Waals surface area contributed by atoms with E-state index >= 15 is 0 Å². The van der Waals surface area contributed by atoms with Gasteiger partial charge in [0.1, 0.15) is 0 Å². The summed E-state index contributed by atoms with van der Waals surface area (Å²) in [5.74, 6) is 2.24. The molecule has 2 heterocycles. The van der Waals surface area contributed by atoms with Crippen LogP contribution in [-0.2, 0) is 6.54 Å². The maximum Gasteiger partial charge on any atom is 0.229 e. The van der Waals surface area contributed by atoms with Gasteiger partial charge in [-0.25, -0.2) is 0 Å². The molecule has 6 heteroatoms. The second-order valence-electron chi connectivity index (χ2n) is 5.22. The van der Waals surface area contributed by atoms with Gasteiger partial charge in [0.25, 0.3) is 0 Å². The molecule has 0 amide bonds. The number of halogens is 1. The smallest absolute Gasteiger partial charge is 0.229 e. The van der Waals surface area contributed by atoms with E-state index in [1.54, 1.807) is 0 Å². The first-order chi connectivity index (χ1) is 8.33. The average Bonchev–Trinajstić information content (AvgIpc) is 3.12. The van der Waals surface area contributed by atoms with Crippen LogP contribution in [0.2, 0.25) is 0 Å². The van der Waals surface area contributed by atoms with Gasteiger partial charge in [-0.15, -0.1) is 12.4 Å². The molecule has 0 atom stereocenters. The molecule has 0 aromatic carbocycles. The van der Waals surface area contributed by atoms with E-state index in [2.05, 4.69) is 27.4 Å². The molecular weight excluding hydrogens is 252 g/mol. The van der Waals surface area contributed by atoms with E-state index in [4.69, 9.17) is 4.52 Å². The van der Waals surface area contributed by atoms with Crippen molar-refractivity contribution in [1.29, 1.82) is 0 Å². The lowest BCUT2D eigenvalue weighted by Gasteiger charge is -2.30. The highest BCUT2D eigenvalue weighted by atomic mass is 35.5. The fourth-order valence-corrected chi connectivity index (χ4v) is 2.43. The fraction of sp³-hybridized carbons (Fsp3) is 0.833. The molecule has 5 nitrogen and oxygen atoms in total. The summed E-state index contributed by atoms with van der Waals surface area (Å²) < 4.78 is 5.28. The van der Waals surface area contributed by atoms with Gasteiger partial charge in [0.15, 0.2) is 5.82 Å². The minimum Gasteiger partial charge on any atom is -0.339 e. The number of hydrogen-bond acceptors (Lipinski definition) is 5. The van der Waals surface area contributed by atoms with Crippen molar-refractivity contribution in [3.8, 4) is 0 Å². The van der Waals surface area contributed by atoms with E-state index in [1.165, 1.54) is 25.7 Å². The molecule has 0 spiro atoms. The van der Waals surface area contributed by atoms with E-state index in [1.807, 2.05) is 0 Å². The van der Waals surface area contributed by atoms with Crippen molar-refractivity contribution in [2.24, 2.45) is 0 Å². The molecule has 18 heavy (non-hydrogen) atoms. The number of rotatable bonds is 4. The molecule has 1 saturated heterocycles. The summed E-state index contributed by atoms with van der Waals surface area (Å²) in [6, 6.07) is 0.652. The maximum absolute atomic E-state index is 5.28. The summed E-state index contributed by atoms with van der Waals surface area (Å²) in [4.78, 5) is 6.82. The summed E-state index contributed by atoms with van der Waals surface area (Å²) in [6.07, 6.45) is 4.85. The Morgan fingerprint density at radius 1 is 1.28 bits per heavy atom. The van der Waals surface area contributed by atoms with E-state index in [9.17, 15) is 0 Å². The third-order valence-electron chi connectivity index (χ3n) is 3.73. The lowest BCUT2D eigenvalue weighted by atomic mass is 10.1. The Bertz CT molecular complexity index is 374. The minimum absolute atomic E-state index is 0. The Morgan fingerprint density at radius 3 is 2.67 bits per heavy atom. The number of piperidine rings is 1. The van der Waals surface area contributed by atoms with Gasteiger partial charge in [-0.3, -0.25) is 4.90 Å². The van der Waals surface area contributed by atoms with Crippen molar-refractivity contribution in [3.05, 3.63) is 11.7 Å². The molecule has 0 unspecified atom stereocenters. The third kappa shape index (κ3) is 3.22. The van der Waals surface area contributed by atoms with Crippen LogP contribution in [0.15, 0.2) is 4.52 Å². The first-order valence-electron chi connectivity index (χ1n) is 6.56. The van der Waals surface area contributed by atoms with E-state index in [0.717, 1.165) is 31.3 Å². The second kappa shape index (κ2) is 5.99. The quantitative estimate of drug-likeness (QED) is 0.901. The first-order valence-corrected chi connectivity index (χ1v) is 6.56. The predicted molar refractivity (Wildman–Crippen MR) is 70.9 cm³/mol. The van der Waals surface area contributed by atoms with Gasteiger partial charge in [-0.05, 0) is 45.8 Å². The average molecular weight is 273 g/mol. The van der Waals surface area contributed by atoms with E-state index < -0.39 is 0 Å². The molecule has 3 rings (SSSR count). The number of nitrogens with zero attached hydrogens (tertiary/aromatic N) is 3. The van der Waals surface area contributed by atoms with Gasteiger partial charge in [0.2, 0.25) is 5.89 Å².